The van der Waals surface area contributed by atoms with Crippen LogP contribution in [0.4, 0.5) is 4.79 Å². The van der Waals surface area contributed by atoms with Crippen molar-refractivity contribution in [2.24, 2.45) is 0 Å². The van der Waals surface area contributed by atoms with Gasteiger partial charge < -0.3 is 25.7 Å². The number of nitrogens with zero attached hydrogens (tertiary/aromatic N) is 1. The molecule has 1 heterocycles. The molecule has 8 heteroatoms. The largest absolute Gasteiger partial charge is 0.481 e. The van der Waals surface area contributed by atoms with Crippen LogP contribution in [0.1, 0.15) is 32.6 Å². The second kappa shape index (κ2) is 7.26. The van der Waals surface area contributed by atoms with Gasteiger partial charge in [-0.3, -0.25) is 9.59 Å². The van der Waals surface area contributed by atoms with Gasteiger partial charge in [-0.25, -0.2) is 4.79 Å². The van der Waals surface area contributed by atoms with Crippen molar-refractivity contribution < 1.29 is 24.6 Å². The standard InChI is InChI=1S/C13H23N3O5/c1-13(21,7-10(17)18)8-15-12(20)16-6-4-3-5-9(16)11(19)14-2/h9,21H,3-8H2,1-2H3,(H,14,19)(H,15,20)(H,17,18). The number of nitrogens with one attached hydrogen (secondary N) is 2. The van der Waals surface area contributed by atoms with Gasteiger partial charge in [-0.15, -0.1) is 0 Å². The quantitative estimate of drug-likeness (QED) is 0.547. The zero-order valence-corrected chi connectivity index (χ0v) is 12.4. The highest BCUT2D eigenvalue weighted by Gasteiger charge is 2.33. The molecule has 1 saturated heterocycles. The van der Waals surface area contributed by atoms with Crippen LogP contribution >= 0.6 is 0 Å². The van der Waals surface area contributed by atoms with Crippen LogP contribution in [0.25, 0.3) is 0 Å². The van der Waals surface area contributed by atoms with Crippen LogP contribution in [0, 0.1) is 0 Å². The number of likely N-dealkylation sites (N-methyl/N-ethyl adjacent to an activating group) is 1. The third-order valence-corrected chi connectivity index (χ3v) is 3.47. The summed E-state index contributed by atoms with van der Waals surface area (Å²) in [5.41, 5.74) is -1.53. The summed E-state index contributed by atoms with van der Waals surface area (Å²) in [4.78, 5) is 35.9. The lowest BCUT2D eigenvalue weighted by atomic mass is 10.0. The maximum Gasteiger partial charge on any atom is 0.318 e. The van der Waals surface area contributed by atoms with E-state index in [1.807, 2.05) is 0 Å². The molecule has 0 radical (unpaired) electrons. The van der Waals surface area contributed by atoms with E-state index in [2.05, 4.69) is 10.6 Å². The lowest BCUT2D eigenvalue weighted by molar-refractivity contribution is -0.141. The molecular formula is C13H23N3O5. The van der Waals surface area contributed by atoms with Gasteiger partial charge >= 0.3 is 12.0 Å². The number of urea groups is 1. The van der Waals surface area contributed by atoms with Gasteiger partial charge in [0.1, 0.15) is 6.04 Å². The molecule has 8 nitrogen and oxygen atoms in total. The third-order valence-electron chi connectivity index (χ3n) is 3.47. The summed E-state index contributed by atoms with van der Waals surface area (Å²) in [6, 6.07) is -0.984. The Labute approximate surface area is 123 Å². The van der Waals surface area contributed by atoms with E-state index in [1.54, 1.807) is 0 Å². The number of carboxylic acids is 1. The molecule has 2 atom stereocenters. The predicted molar refractivity (Wildman–Crippen MR) is 74.7 cm³/mol. The number of hydrogen-bond acceptors (Lipinski definition) is 4. The summed E-state index contributed by atoms with van der Waals surface area (Å²) in [6.45, 7) is 1.62. The van der Waals surface area contributed by atoms with Gasteiger partial charge in [-0.05, 0) is 26.2 Å². The van der Waals surface area contributed by atoms with Crippen molar-refractivity contribution in [1.82, 2.24) is 15.5 Å². The van der Waals surface area contributed by atoms with E-state index in [-0.39, 0.29) is 12.5 Å². The Kier molecular flexibility index (Phi) is 5.95. The lowest BCUT2D eigenvalue weighted by Gasteiger charge is -2.35. The average Bonchev–Trinajstić information content (AvgIpc) is 2.42. The summed E-state index contributed by atoms with van der Waals surface area (Å²) < 4.78 is 0. The minimum absolute atomic E-state index is 0.185. The number of carbonyl (C=O) groups excluding carboxylic acids is 2. The summed E-state index contributed by atoms with van der Waals surface area (Å²) in [5, 5.41) is 23.6. The van der Waals surface area contributed by atoms with Crippen LogP contribution in [-0.2, 0) is 9.59 Å². The van der Waals surface area contributed by atoms with Crippen LogP contribution in [0.3, 0.4) is 0 Å². The van der Waals surface area contributed by atoms with E-state index in [1.165, 1.54) is 18.9 Å². The van der Waals surface area contributed by atoms with Gasteiger partial charge in [-0.1, -0.05) is 0 Å². The van der Waals surface area contributed by atoms with Gasteiger partial charge in [-0.2, -0.15) is 0 Å². The van der Waals surface area contributed by atoms with Gasteiger partial charge in [0.15, 0.2) is 0 Å². The molecule has 0 saturated carbocycles. The Morgan fingerprint density at radius 3 is 2.57 bits per heavy atom. The van der Waals surface area contributed by atoms with E-state index >= 15 is 0 Å². The lowest BCUT2D eigenvalue weighted by Crippen LogP contribution is -2.56. The Bertz CT molecular complexity index is 411. The van der Waals surface area contributed by atoms with Crippen molar-refractivity contribution in [3.05, 3.63) is 0 Å². The fourth-order valence-corrected chi connectivity index (χ4v) is 2.37. The number of rotatable bonds is 5. The highest BCUT2D eigenvalue weighted by atomic mass is 16.4. The molecule has 0 aromatic rings. The van der Waals surface area contributed by atoms with E-state index in [0.717, 1.165) is 12.8 Å². The normalized spacial score (nSPS) is 21.3. The maximum atomic E-state index is 12.1. The molecule has 4 N–H and O–H groups in total. The second-order valence-corrected chi connectivity index (χ2v) is 5.55. The monoisotopic (exact) mass is 301 g/mol. The Hall–Kier alpha value is -1.83. The zero-order chi connectivity index (χ0) is 16.0. The molecule has 0 aromatic carbocycles. The molecule has 2 unspecified atom stereocenters. The zero-order valence-electron chi connectivity index (χ0n) is 12.4. The molecule has 1 fully saturated rings. The first-order valence-corrected chi connectivity index (χ1v) is 6.97. The molecule has 120 valence electrons. The minimum Gasteiger partial charge on any atom is -0.481 e. The van der Waals surface area contributed by atoms with Crippen molar-refractivity contribution in [3.63, 3.8) is 0 Å². The van der Waals surface area contributed by atoms with Gasteiger partial charge in [0, 0.05) is 20.1 Å². The smallest absolute Gasteiger partial charge is 0.318 e. The number of aliphatic carboxylic acids is 1. The minimum atomic E-state index is -1.53. The van der Waals surface area contributed by atoms with Crippen LogP contribution in [-0.4, -0.2) is 64.8 Å². The fraction of sp³-hybridized carbons (Fsp3) is 0.769. The van der Waals surface area contributed by atoms with Crippen LogP contribution in [0.5, 0.6) is 0 Å². The summed E-state index contributed by atoms with van der Waals surface area (Å²) >= 11 is 0. The topological polar surface area (TPSA) is 119 Å². The van der Waals surface area contributed by atoms with Crippen LogP contribution in [0.2, 0.25) is 0 Å². The molecule has 3 amide bonds. The molecule has 0 bridgehead atoms. The SMILES string of the molecule is CNC(=O)C1CCCCN1C(=O)NCC(C)(O)CC(=O)O. The summed E-state index contributed by atoms with van der Waals surface area (Å²) in [7, 11) is 1.52. The second-order valence-electron chi connectivity index (χ2n) is 5.55. The highest BCUT2D eigenvalue weighted by molar-refractivity contribution is 5.87. The maximum absolute atomic E-state index is 12.1. The number of carbonyl (C=O) groups is 3. The van der Waals surface area contributed by atoms with Crippen molar-refractivity contribution in [1.29, 1.82) is 0 Å². The number of likely N-dealkylation sites (tertiary alicyclic amines) is 1. The average molecular weight is 301 g/mol. The predicted octanol–water partition coefficient (Wildman–Crippen LogP) is -0.478. The Morgan fingerprint density at radius 1 is 1.33 bits per heavy atom. The van der Waals surface area contributed by atoms with Crippen molar-refractivity contribution in [2.45, 2.75) is 44.2 Å². The summed E-state index contributed by atoms with van der Waals surface area (Å²) in [5.74, 6) is -1.36. The molecule has 0 aromatic heterocycles. The number of carboxylic acid groups (broad SMARTS) is 1. The Balaban J connectivity index is 2.60. The first-order valence-electron chi connectivity index (χ1n) is 6.97. The number of hydrogen-bond donors (Lipinski definition) is 4. The molecule has 1 rings (SSSR count). The third kappa shape index (κ3) is 5.22. The molecule has 0 aliphatic carbocycles. The molecule has 0 spiro atoms. The Morgan fingerprint density at radius 2 is 2.00 bits per heavy atom. The fourth-order valence-electron chi connectivity index (χ4n) is 2.37. The first-order chi connectivity index (χ1) is 9.76. The van der Waals surface area contributed by atoms with Crippen LogP contribution < -0.4 is 10.6 Å². The van der Waals surface area contributed by atoms with Crippen molar-refractivity contribution >= 4 is 17.9 Å². The van der Waals surface area contributed by atoms with E-state index in [9.17, 15) is 19.5 Å². The van der Waals surface area contributed by atoms with Crippen molar-refractivity contribution in [2.75, 3.05) is 20.1 Å². The summed E-state index contributed by atoms with van der Waals surface area (Å²) in [6.07, 6.45) is 1.82. The number of amides is 3. The number of aliphatic hydroxyl groups is 1. The molecule has 1 aliphatic rings. The number of piperidine rings is 1. The van der Waals surface area contributed by atoms with E-state index < -0.39 is 30.1 Å². The molecule has 21 heavy (non-hydrogen) atoms. The molecule has 1 aliphatic heterocycles. The highest BCUT2D eigenvalue weighted by Crippen LogP contribution is 2.17. The van der Waals surface area contributed by atoms with E-state index in [4.69, 9.17) is 5.11 Å². The first kappa shape index (κ1) is 17.2. The van der Waals surface area contributed by atoms with Crippen molar-refractivity contribution in [3.8, 4) is 0 Å². The van der Waals surface area contributed by atoms with Gasteiger partial charge in [0.25, 0.3) is 0 Å². The van der Waals surface area contributed by atoms with Gasteiger partial charge in [0.2, 0.25) is 5.91 Å². The van der Waals surface area contributed by atoms with Crippen LogP contribution in [0.15, 0.2) is 0 Å². The van der Waals surface area contributed by atoms with E-state index in [0.29, 0.717) is 13.0 Å². The van der Waals surface area contributed by atoms with Gasteiger partial charge in [0.05, 0.1) is 12.0 Å². The molecular weight excluding hydrogens is 278 g/mol.